The van der Waals surface area contributed by atoms with E-state index in [1.54, 1.807) is 0 Å². The Morgan fingerprint density at radius 2 is 2.05 bits per heavy atom. The molecule has 1 aromatic carbocycles. The smallest absolute Gasteiger partial charge is 0.122 e. The van der Waals surface area contributed by atoms with Crippen molar-refractivity contribution in [3.05, 3.63) is 29.3 Å². The topological polar surface area (TPSA) is 35.2 Å². The summed E-state index contributed by atoms with van der Waals surface area (Å²) in [4.78, 5) is 0. The van der Waals surface area contributed by atoms with E-state index in [0.717, 1.165) is 24.8 Å². The van der Waals surface area contributed by atoms with E-state index in [0.29, 0.717) is 5.41 Å². The van der Waals surface area contributed by atoms with Crippen LogP contribution in [-0.4, -0.2) is 13.2 Å². The number of rotatable bonds is 3. The minimum absolute atomic E-state index is 0.515. The van der Waals surface area contributed by atoms with E-state index in [9.17, 15) is 0 Å². The minimum Gasteiger partial charge on any atom is -0.494 e. The third-order valence-corrected chi connectivity index (χ3v) is 5.15. The van der Waals surface area contributed by atoms with Crippen molar-refractivity contribution in [2.45, 2.75) is 45.4 Å². The molecule has 2 aliphatic rings. The Morgan fingerprint density at radius 1 is 1.26 bits per heavy atom. The molecule has 0 aromatic heterocycles. The summed E-state index contributed by atoms with van der Waals surface area (Å²) in [5.41, 5.74) is 9.34. The Bertz CT molecular complexity index is 447. The van der Waals surface area contributed by atoms with Crippen molar-refractivity contribution in [2.24, 2.45) is 17.1 Å². The molecule has 0 radical (unpaired) electrons. The number of benzene rings is 1. The van der Waals surface area contributed by atoms with Crippen LogP contribution in [-0.2, 0) is 12.8 Å². The molecule has 19 heavy (non-hydrogen) atoms. The first-order valence-corrected chi connectivity index (χ1v) is 7.70. The molecule has 0 bridgehead atoms. The van der Waals surface area contributed by atoms with Gasteiger partial charge in [0.15, 0.2) is 0 Å². The number of ether oxygens (including phenoxy) is 1. The van der Waals surface area contributed by atoms with Gasteiger partial charge >= 0.3 is 0 Å². The quantitative estimate of drug-likeness (QED) is 0.903. The van der Waals surface area contributed by atoms with Crippen LogP contribution in [0.25, 0.3) is 0 Å². The molecular weight excluding hydrogens is 234 g/mol. The van der Waals surface area contributed by atoms with Crippen molar-refractivity contribution in [2.75, 3.05) is 13.2 Å². The van der Waals surface area contributed by atoms with Crippen LogP contribution in [0.1, 0.15) is 43.7 Å². The van der Waals surface area contributed by atoms with E-state index in [2.05, 4.69) is 25.1 Å². The van der Waals surface area contributed by atoms with Gasteiger partial charge in [-0.1, -0.05) is 12.1 Å². The monoisotopic (exact) mass is 259 g/mol. The second-order valence-corrected chi connectivity index (χ2v) is 6.36. The molecule has 0 unspecified atom stereocenters. The van der Waals surface area contributed by atoms with Gasteiger partial charge in [0, 0.05) is 0 Å². The van der Waals surface area contributed by atoms with Crippen molar-refractivity contribution in [3.8, 4) is 5.75 Å². The zero-order valence-corrected chi connectivity index (χ0v) is 12.0. The van der Waals surface area contributed by atoms with Crippen LogP contribution in [0.4, 0.5) is 0 Å². The first-order chi connectivity index (χ1) is 9.26. The fourth-order valence-corrected chi connectivity index (χ4v) is 3.99. The lowest BCUT2D eigenvalue weighted by Crippen LogP contribution is -2.30. The highest BCUT2D eigenvalue weighted by Gasteiger charge is 2.40. The van der Waals surface area contributed by atoms with Crippen molar-refractivity contribution in [1.29, 1.82) is 0 Å². The van der Waals surface area contributed by atoms with Crippen molar-refractivity contribution in [3.63, 3.8) is 0 Å². The molecule has 0 atom stereocenters. The molecule has 2 N–H and O–H groups in total. The van der Waals surface area contributed by atoms with Gasteiger partial charge in [0.1, 0.15) is 5.75 Å². The first kappa shape index (κ1) is 13.0. The zero-order chi connectivity index (χ0) is 13.3. The third kappa shape index (κ3) is 2.38. The van der Waals surface area contributed by atoms with Gasteiger partial charge in [0.05, 0.1) is 6.61 Å². The largest absolute Gasteiger partial charge is 0.494 e. The summed E-state index contributed by atoms with van der Waals surface area (Å²) in [6.07, 6.45) is 7.78. The van der Waals surface area contributed by atoms with Gasteiger partial charge in [0.25, 0.3) is 0 Å². The van der Waals surface area contributed by atoms with Gasteiger partial charge in [-0.2, -0.15) is 0 Å². The van der Waals surface area contributed by atoms with E-state index in [4.69, 9.17) is 10.5 Å². The summed E-state index contributed by atoms with van der Waals surface area (Å²) in [5, 5.41) is 0. The SMILES string of the molecule is CCOc1cccc2c1CC1(CCC(CN)CC1)C2. The number of hydrogen-bond donors (Lipinski definition) is 1. The van der Waals surface area contributed by atoms with Gasteiger partial charge in [0.2, 0.25) is 0 Å². The average Bonchev–Trinajstić information content (AvgIpc) is 2.79. The number of fused-ring (bicyclic) bond motifs is 1. The number of hydrogen-bond acceptors (Lipinski definition) is 2. The van der Waals surface area contributed by atoms with Gasteiger partial charge in [-0.3, -0.25) is 0 Å². The lowest BCUT2D eigenvalue weighted by molar-refractivity contribution is 0.161. The second kappa shape index (κ2) is 5.16. The molecule has 1 aromatic rings. The Labute approximate surface area is 116 Å². The molecule has 2 nitrogen and oxygen atoms in total. The Morgan fingerprint density at radius 3 is 2.74 bits per heavy atom. The Kier molecular flexibility index (Phi) is 3.53. The van der Waals surface area contributed by atoms with E-state index in [1.807, 2.05) is 0 Å². The predicted octanol–water partition coefficient (Wildman–Crippen LogP) is 3.32. The molecule has 0 amide bonds. The normalized spacial score (nSPS) is 29.5. The Balaban J connectivity index is 1.78. The molecule has 1 spiro atoms. The second-order valence-electron chi connectivity index (χ2n) is 6.36. The van der Waals surface area contributed by atoms with Crippen LogP contribution in [0.15, 0.2) is 18.2 Å². The lowest BCUT2D eigenvalue weighted by Gasteiger charge is -2.37. The lowest BCUT2D eigenvalue weighted by atomic mass is 9.69. The van der Waals surface area contributed by atoms with Crippen LogP contribution in [0.5, 0.6) is 5.75 Å². The van der Waals surface area contributed by atoms with Crippen molar-refractivity contribution >= 4 is 0 Å². The van der Waals surface area contributed by atoms with Gasteiger partial charge in [-0.25, -0.2) is 0 Å². The molecule has 0 saturated heterocycles. The molecule has 3 rings (SSSR count). The zero-order valence-electron chi connectivity index (χ0n) is 12.0. The highest BCUT2D eigenvalue weighted by Crippen LogP contribution is 2.50. The molecule has 2 heteroatoms. The fourth-order valence-electron chi connectivity index (χ4n) is 3.99. The van der Waals surface area contributed by atoms with Crippen LogP contribution in [0.3, 0.4) is 0 Å². The molecule has 0 aliphatic heterocycles. The van der Waals surface area contributed by atoms with Crippen molar-refractivity contribution < 1.29 is 4.74 Å². The van der Waals surface area contributed by atoms with Crippen LogP contribution in [0.2, 0.25) is 0 Å². The fraction of sp³-hybridized carbons (Fsp3) is 0.647. The minimum atomic E-state index is 0.515. The standard InChI is InChI=1S/C17H25NO/c1-2-19-16-5-3-4-14-10-17(11-15(14)16)8-6-13(12-18)7-9-17/h3-5,13H,2,6-12,18H2,1H3. The average molecular weight is 259 g/mol. The van der Waals surface area contributed by atoms with Crippen LogP contribution >= 0.6 is 0 Å². The predicted molar refractivity (Wildman–Crippen MR) is 78.5 cm³/mol. The summed E-state index contributed by atoms with van der Waals surface area (Å²) < 4.78 is 5.80. The van der Waals surface area contributed by atoms with E-state index < -0.39 is 0 Å². The van der Waals surface area contributed by atoms with Gasteiger partial charge < -0.3 is 10.5 Å². The summed E-state index contributed by atoms with van der Waals surface area (Å²) in [6, 6.07) is 6.57. The highest BCUT2D eigenvalue weighted by atomic mass is 16.5. The van der Waals surface area contributed by atoms with Crippen molar-refractivity contribution in [1.82, 2.24) is 0 Å². The third-order valence-electron chi connectivity index (χ3n) is 5.15. The molecule has 1 saturated carbocycles. The van der Waals surface area contributed by atoms with Crippen LogP contribution < -0.4 is 10.5 Å². The van der Waals surface area contributed by atoms with Gasteiger partial charge in [-0.05, 0) is 80.5 Å². The van der Waals surface area contributed by atoms with E-state index in [-0.39, 0.29) is 0 Å². The molecule has 0 heterocycles. The van der Waals surface area contributed by atoms with Gasteiger partial charge in [-0.15, -0.1) is 0 Å². The van der Waals surface area contributed by atoms with Crippen LogP contribution in [0, 0.1) is 11.3 Å². The maximum atomic E-state index is 5.82. The molecule has 104 valence electrons. The summed E-state index contributed by atoms with van der Waals surface area (Å²) in [6.45, 7) is 3.70. The van der Waals surface area contributed by atoms with E-state index >= 15 is 0 Å². The maximum absolute atomic E-state index is 5.82. The summed E-state index contributed by atoms with van der Waals surface area (Å²) >= 11 is 0. The highest BCUT2D eigenvalue weighted by molar-refractivity contribution is 5.45. The molecule has 2 aliphatic carbocycles. The molecular formula is C17H25NO. The van der Waals surface area contributed by atoms with E-state index in [1.165, 1.54) is 49.7 Å². The number of nitrogens with two attached hydrogens (primary N) is 1. The summed E-state index contributed by atoms with van der Waals surface area (Å²) in [5.74, 6) is 1.89. The molecule has 1 fully saturated rings. The summed E-state index contributed by atoms with van der Waals surface area (Å²) in [7, 11) is 0. The Hall–Kier alpha value is -1.02. The maximum Gasteiger partial charge on any atom is 0.122 e. The first-order valence-electron chi connectivity index (χ1n) is 7.70.